The molecule has 2 atom stereocenters. The van der Waals surface area contributed by atoms with E-state index in [1.165, 1.54) is 116 Å². The van der Waals surface area contributed by atoms with Gasteiger partial charge in [0.2, 0.25) is 0 Å². The van der Waals surface area contributed by atoms with Crippen molar-refractivity contribution in [2.75, 3.05) is 6.61 Å². The molecule has 1 saturated carbocycles. The number of hydrogen-bond donors (Lipinski definition) is 1. The molecular weight excluding hydrogens is 304 g/mol. The van der Waals surface area contributed by atoms with Crippen molar-refractivity contribution in [3.8, 4) is 0 Å². The SMILES string of the molecule is CCCCCCCCCCCCCCCCCC/C=C/[C@H]1C[C@H]1CO. The maximum atomic E-state index is 8.99. The summed E-state index contributed by atoms with van der Waals surface area (Å²) in [6.45, 7) is 2.68. The van der Waals surface area contributed by atoms with Crippen LogP contribution in [0.2, 0.25) is 0 Å². The van der Waals surface area contributed by atoms with Crippen LogP contribution in [0.3, 0.4) is 0 Å². The number of aliphatic hydroxyl groups is 1. The lowest BCUT2D eigenvalue weighted by atomic mass is 10.0. The Morgan fingerprint density at radius 2 is 1.12 bits per heavy atom. The topological polar surface area (TPSA) is 20.2 Å². The summed E-state index contributed by atoms with van der Waals surface area (Å²) in [6, 6.07) is 0. The Morgan fingerprint density at radius 1 is 0.680 bits per heavy atom. The molecule has 0 spiro atoms. The van der Waals surface area contributed by atoms with E-state index in [-0.39, 0.29) is 0 Å². The van der Waals surface area contributed by atoms with Gasteiger partial charge in [0.25, 0.3) is 0 Å². The Bertz CT molecular complexity index is 296. The highest BCUT2D eigenvalue weighted by Gasteiger charge is 2.33. The minimum Gasteiger partial charge on any atom is -0.396 e. The lowest BCUT2D eigenvalue weighted by Crippen LogP contribution is -1.85. The first-order valence-corrected chi connectivity index (χ1v) is 11.7. The van der Waals surface area contributed by atoms with Gasteiger partial charge in [-0.1, -0.05) is 115 Å². The van der Waals surface area contributed by atoms with Gasteiger partial charge in [-0.3, -0.25) is 0 Å². The van der Waals surface area contributed by atoms with Crippen LogP contribution in [0.25, 0.3) is 0 Å². The quantitative estimate of drug-likeness (QED) is 0.186. The summed E-state index contributed by atoms with van der Waals surface area (Å²) in [6.07, 6.45) is 30.2. The van der Waals surface area contributed by atoms with Crippen LogP contribution in [-0.4, -0.2) is 11.7 Å². The predicted molar refractivity (Wildman–Crippen MR) is 112 cm³/mol. The maximum absolute atomic E-state index is 8.99. The molecule has 1 aliphatic carbocycles. The monoisotopic (exact) mass is 350 g/mol. The molecule has 1 nitrogen and oxygen atoms in total. The summed E-state index contributed by atoms with van der Waals surface area (Å²) < 4.78 is 0. The Morgan fingerprint density at radius 3 is 1.52 bits per heavy atom. The second kappa shape index (κ2) is 17.1. The van der Waals surface area contributed by atoms with E-state index < -0.39 is 0 Å². The average Bonchev–Trinajstić information content (AvgIpc) is 3.39. The van der Waals surface area contributed by atoms with Gasteiger partial charge in [-0.2, -0.15) is 0 Å². The first kappa shape index (κ1) is 22.7. The van der Waals surface area contributed by atoms with Gasteiger partial charge in [0.05, 0.1) is 0 Å². The Hall–Kier alpha value is -0.300. The zero-order valence-electron chi connectivity index (χ0n) is 17.2. The van der Waals surface area contributed by atoms with Crippen LogP contribution in [0, 0.1) is 11.8 Å². The lowest BCUT2D eigenvalue weighted by molar-refractivity contribution is 0.272. The molecule has 0 amide bonds. The molecule has 1 heteroatoms. The van der Waals surface area contributed by atoms with Crippen molar-refractivity contribution in [3.63, 3.8) is 0 Å². The Kier molecular flexibility index (Phi) is 15.6. The fourth-order valence-electron chi connectivity index (χ4n) is 3.80. The molecule has 25 heavy (non-hydrogen) atoms. The van der Waals surface area contributed by atoms with Gasteiger partial charge >= 0.3 is 0 Å². The molecule has 148 valence electrons. The molecule has 0 radical (unpaired) electrons. The highest BCUT2D eigenvalue weighted by Crippen LogP contribution is 2.38. The maximum Gasteiger partial charge on any atom is 0.0465 e. The fraction of sp³-hybridized carbons (Fsp3) is 0.917. The third-order valence-corrected chi connectivity index (χ3v) is 5.82. The van der Waals surface area contributed by atoms with E-state index in [0.717, 1.165) is 0 Å². The number of allylic oxidation sites excluding steroid dienone is 2. The minimum absolute atomic E-state index is 0.383. The third-order valence-electron chi connectivity index (χ3n) is 5.82. The Balaban J connectivity index is 1.66. The third kappa shape index (κ3) is 14.5. The normalized spacial score (nSPS) is 19.8. The largest absolute Gasteiger partial charge is 0.396 e. The first-order valence-electron chi connectivity index (χ1n) is 11.7. The van der Waals surface area contributed by atoms with Crippen molar-refractivity contribution < 1.29 is 5.11 Å². The van der Waals surface area contributed by atoms with E-state index >= 15 is 0 Å². The number of aliphatic hydroxyl groups excluding tert-OH is 1. The highest BCUT2D eigenvalue weighted by atomic mass is 16.3. The van der Waals surface area contributed by atoms with Gasteiger partial charge < -0.3 is 5.11 Å². The molecule has 0 unspecified atom stereocenters. The summed E-state index contributed by atoms with van der Waals surface area (Å²) in [5.74, 6) is 1.29. The summed E-state index contributed by atoms with van der Waals surface area (Å²) in [5.41, 5.74) is 0. The van der Waals surface area contributed by atoms with Gasteiger partial charge in [-0.25, -0.2) is 0 Å². The van der Waals surface area contributed by atoms with Crippen LogP contribution >= 0.6 is 0 Å². The lowest BCUT2D eigenvalue weighted by Gasteiger charge is -2.03. The fourth-order valence-corrected chi connectivity index (χ4v) is 3.80. The molecule has 1 aliphatic rings. The predicted octanol–water partition coefficient (Wildman–Crippen LogP) is 7.82. The van der Waals surface area contributed by atoms with Crippen molar-refractivity contribution in [1.29, 1.82) is 0 Å². The molecule has 1 N–H and O–H groups in total. The van der Waals surface area contributed by atoms with E-state index in [4.69, 9.17) is 5.11 Å². The van der Waals surface area contributed by atoms with Crippen LogP contribution in [0.4, 0.5) is 0 Å². The van der Waals surface area contributed by atoms with E-state index in [0.29, 0.717) is 18.4 Å². The molecule has 0 bridgehead atoms. The van der Waals surface area contributed by atoms with Crippen molar-refractivity contribution >= 4 is 0 Å². The summed E-state index contributed by atoms with van der Waals surface area (Å²) in [5, 5.41) is 8.99. The van der Waals surface area contributed by atoms with Crippen molar-refractivity contribution in [2.45, 2.75) is 122 Å². The van der Waals surface area contributed by atoms with Crippen molar-refractivity contribution in [3.05, 3.63) is 12.2 Å². The van der Waals surface area contributed by atoms with Gasteiger partial charge in [0.15, 0.2) is 0 Å². The summed E-state index contributed by atoms with van der Waals surface area (Å²) in [7, 11) is 0. The molecule has 0 aromatic carbocycles. The molecule has 0 aliphatic heterocycles. The van der Waals surface area contributed by atoms with Crippen LogP contribution in [0.15, 0.2) is 12.2 Å². The van der Waals surface area contributed by atoms with Crippen molar-refractivity contribution in [2.24, 2.45) is 11.8 Å². The van der Waals surface area contributed by atoms with E-state index in [1.54, 1.807) is 0 Å². The molecular formula is C24H46O. The van der Waals surface area contributed by atoms with Crippen LogP contribution in [0.5, 0.6) is 0 Å². The van der Waals surface area contributed by atoms with Crippen molar-refractivity contribution in [1.82, 2.24) is 0 Å². The summed E-state index contributed by atoms with van der Waals surface area (Å²) >= 11 is 0. The zero-order valence-corrected chi connectivity index (χ0v) is 17.2. The zero-order chi connectivity index (χ0) is 18.0. The van der Waals surface area contributed by atoms with Crippen LogP contribution < -0.4 is 0 Å². The highest BCUT2D eigenvalue weighted by molar-refractivity contribution is 5.01. The smallest absolute Gasteiger partial charge is 0.0465 e. The van der Waals surface area contributed by atoms with Gasteiger partial charge in [-0.05, 0) is 31.1 Å². The second-order valence-electron chi connectivity index (χ2n) is 8.36. The van der Waals surface area contributed by atoms with Crippen LogP contribution in [0.1, 0.15) is 122 Å². The number of rotatable bonds is 19. The van der Waals surface area contributed by atoms with E-state index in [9.17, 15) is 0 Å². The minimum atomic E-state index is 0.383. The van der Waals surface area contributed by atoms with E-state index in [2.05, 4.69) is 19.1 Å². The first-order chi connectivity index (χ1) is 12.4. The average molecular weight is 351 g/mol. The Labute approximate surface area is 158 Å². The second-order valence-corrected chi connectivity index (χ2v) is 8.36. The molecule has 0 saturated heterocycles. The molecule has 0 aromatic rings. The molecule has 1 rings (SSSR count). The number of hydrogen-bond acceptors (Lipinski definition) is 1. The van der Waals surface area contributed by atoms with Gasteiger partial charge in [-0.15, -0.1) is 0 Å². The van der Waals surface area contributed by atoms with Gasteiger partial charge in [0, 0.05) is 6.61 Å². The van der Waals surface area contributed by atoms with E-state index in [1.807, 2.05) is 0 Å². The standard InChI is InChI=1S/C24H46O/c1-2-3-4-5-6-7-8-9-10-11-12-13-14-15-16-17-18-19-20-23-21-24(23)22-25/h19-20,23-25H,2-18,21-22H2,1H3/b20-19+/t23-,24-/m0/s1. The summed E-state index contributed by atoms with van der Waals surface area (Å²) in [4.78, 5) is 0. The molecule has 0 aromatic heterocycles. The molecule has 1 fully saturated rings. The molecule has 0 heterocycles. The van der Waals surface area contributed by atoms with Crippen LogP contribution in [-0.2, 0) is 0 Å². The number of unbranched alkanes of at least 4 members (excludes halogenated alkanes) is 16. The van der Waals surface area contributed by atoms with Gasteiger partial charge in [0.1, 0.15) is 0 Å².